The molecule has 2 heterocycles. The maximum atomic E-state index is 5.60. The van der Waals surface area contributed by atoms with Gasteiger partial charge in [-0.15, -0.1) is 0 Å². The number of methoxy groups -OCH3 is 1. The molecule has 0 spiro atoms. The Morgan fingerprint density at radius 3 is 2.68 bits per heavy atom. The lowest BCUT2D eigenvalue weighted by molar-refractivity contribution is 0.380. The maximum absolute atomic E-state index is 5.60. The zero-order valence-electron chi connectivity index (χ0n) is 22.0. The molecule has 1 aromatic heterocycles. The van der Waals surface area contributed by atoms with E-state index in [0.29, 0.717) is 5.75 Å². The molecule has 1 saturated heterocycles. The summed E-state index contributed by atoms with van der Waals surface area (Å²) in [6.45, 7) is 13.1. The van der Waals surface area contributed by atoms with Gasteiger partial charge in [-0.2, -0.15) is 4.98 Å². The third-order valence-electron chi connectivity index (χ3n) is 6.88. The zero-order valence-corrected chi connectivity index (χ0v) is 22.0. The van der Waals surface area contributed by atoms with E-state index in [2.05, 4.69) is 73.0 Å². The zero-order chi connectivity index (χ0) is 24.6. The molecule has 0 radical (unpaired) electrons. The van der Waals surface area contributed by atoms with E-state index in [4.69, 9.17) is 9.72 Å². The third kappa shape index (κ3) is 7.18. The molecule has 0 saturated carbocycles. The summed E-state index contributed by atoms with van der Waals surface area (Å²) in [6, 6.07) is 0.205. The SMILES string of the molecule is CCC=NC=CCCC1CCN(c2ncc(OC)c(NC3CC(C(C)(C)C)=CC=C3C)n2)CC1. The molecule has 1 aliphatic heterocycles. The monoisotopic (exact) mass is 465 g/mol. The van der Waals surface area contributed by atoms with Crippen molar-refractivity contribution < 1.29 is 4.74 Å². The van der Waals surface area contributed by atoms with Crippen molar-refractivity contribution in [3.05, 3.63) is 41.8 Å². The molecule has 1 atom stereocenters. The summed E-state index contributed by atoms with van der Waals surface area (Å²) >= 11 is 0. The molecule has 0 aromatic carbocycles. The number of nitrogens with one attached hydrogen (secondary N) is 1. The summed E-state index contributed by atoms with van der Waals surface area (Å²) in [6.07, 6.45) is 19.0. The van der Waals surface area contributed by atoms with Crippen molar-refractivity contribution in [3.63, 3.8) is 0 Å². The first kappa shape index (κ1) is 26.0. The van der Waals surface area contributed by atoms with Crippen molar-refractivity contribution in [1.82, 2.24) is 9.97 Å². The molecule has 6 nitrogen and oxygen atoms in total. The first-order chi connectivity index (χ1) is 16.3. The average Bonchev–Trinajstić information content (AvgIpc) is 2.82. The molecular weight excluding hydrogens is 422 g/mol. The Balaban J connectivity index is 1.61. The Kier molecular flexibility index (Phi) is 9.31. The second-order valence-electron chi connectivity index (χ2n) is 10.5. The minimum absolute atomic E-state index is 0.154. The maximum Gasteiger partial charge on any atom is 0.227 e. The van der Waals surface area contributed by atoms with Gasteiger partial charge < -0.3 is 15.0 Å². The first-order valence-electron chi connectivity index (χ1n) is 12.8. The first-order valence-corrected chi connectivity index (χ1v) is 12.8. The fraction of sp³-hybridized carbons (Fsp3) is 0.607. The number of aliphatic imine (C=N–C) groups is 1. The number of nitrogens with zero attached hydrogens (tertiary/aromatic N) is 4. The number of hydrogen-bond donors (Lipinski definition) is 1. The molecule has 1 N–H and O–H groups in total. The van der Waals surface area contributed by atoms with E-state index >= 15 is 0 Å². The quantitative estimate of drug-likeness (QED) is 0.417. The Hall–Kier alpha value is -2.63. The van der Waals surface area contributed by atoms with Crippen molar-refractivity contribution in [2.24, 2.45) is 16.3 Å². The van der Waals surface area contributed by atoms with Gasteiger partial charge in [0.1, 0.15) is 0 Å². The second kappa shape index (κ2) is 12.2. The van der Waals surface area contributed by atoms with Gasteiger partial charge in [0.05, 0.1) is 19.3 Å². The minimum atomic E-state index is 0.154. The van der Waals surface area contributed by atoms with Crippen molar-refractivity contribution in [3.8, 4) is 5.75 Å². The Morgan fingerprint density at radius 1 is 1.24 bits per heavy atom. The lowest BCUT2D eigenvalue weighted by Gasteiger charge is -2.33. The van der Waals surface area contributed by atoms with Crippen molar-refractivity contribution in [1.29, 1.82) is 0 Å². The predicted octanol–water partition coefficient (Wildman–Crippen LogP) is 6.58. The highest BCUT2D eigenvalue weighted by molar-refractivity contribution is 5.57. The summed E-state index contributed by atoms with van der Waals surface area (Å²) in [5.74, 6) is 3.01. The fourth-order valence-corrected chi connectivity index (χ4v) is 4.51. The van der Waals surface area contributed by atoms with Gasteiger partial charge >= 0.3 is 0 Å². The lowest BCUT2D eigenvalue weighted by atomic mass is 9.79. The molecule has 1 fully saturated rings. The van der Waals surface area contributed by atoms with E-state index in [0.717, 1.165) is 50.0 Å². The summed E-state index contributed by atoms with van der Waals surface area (Å²) in [5.41, 5.74) is 2.91. The molecule has 34 heavy (non-hydrogen) atoms. The van der Waals surface area contributed by atoms with Crippen molar-refractivity contribution >= 4 is 18.0 Å². The van der Waals surface area contributed by atoms with Crippen LogP contribution in [0.2, 0.25) is 0 Å². The Bertz CT molecular complexity index is 917. The topological polar surface area (TPSA) is 62.6 Å². The highest BCUT2D eigenvalue weighted by Crippen LogP contribution is 2.35. The van der Waals surface area contributed by atoms with Crippen LogP contribution in [0, 0.1) is 11.3 Å². The largest absolute Gasteiger partial charge is 0.491 e. The molecule has 6 heteroatoms. The molecule has 3 rings (SSSR count). The van der Waals surface area contributed by atoms with Gasteiger partial charge in [0.15, 0.2) is 11.6 Å². The van der Waals surface area contributed by atoms with Crippen LogP contribution in [0.4, 0.5) is 11.8 Å². The highest BCUT2D eigenvalue weighted by atomic mass is 16.5. The third-order valence-corrected chi connectivity index (χ3v) is 6.88. The summed E-state index contributed by atoms with van der Waals surface area (Å²) in [7, 11) is 1.68. The van der Waals surface area contributed by atoms with Crippen LogP contribution >= 0.6 is 0 Å². The number of anilines is 2. The number of piperidine rings is 1. The summed E-state index contributed by atoms with van der Waals surface area (Å²) in [5, 5.41) is 3.66. The molecule has 1 unspecified atom stereocenters. The summed E-state index contributed by atoms with van der Waals surface area (Å²) in [4.78, 5) is 16.1. The van der Waals surface area contributed by atoms with Gasteiger partial charge in [-0.05, 0) is 56.8 Å². The van der Waals surface area contributed by atoms with Gasteiger partial charge in [-0.1, -0.05) is 57.1 Å². The number of aromatic nitrogens is 2. The van der Waals surface area contributed by atoms with Crippen LogP contribution in [0.3, 0.4) is 0 Å². The fourth-order valence-electron chi connectivity index (χ4n) is 4.51. The second-order valence-corrected chi connectivity index (χ2v) is 10.5. The number of ether oxygens (including phenoxy) is 1. The van der Waals surface area contributed by atoms with Gasteiger partial charge in [0, 0.05) is 25.5 Å². The van der Waals surface area contributed by atoms with E-state index < -0.39 is 0 Å². The van der Waals surface area contributed by atoms with E-state index in [9.17, 15) is 0 Å². The molecule has 2 aliphatic rings. The van der Waals surface area contributed by atoms with Gasteiger partial charge in [-0.25, -0.2) is 4.98 Å². The molecule has 1 aliphatic carbocycles. The predicted molar refractivity (Wildman–Crippen MR) is 144 cm³/mol. The molecule has 0 bridgehead atoms. The number of rotatable bonds is 9. The molecule has 186 valence electrons. The van der Waals surface area contributed by atoms with Gasteiger partial charge in [0.2, 0.25) is 5.95 Å². The van der Waals surface area contributed by atoms with Crippen LogP contribution in [-0.4, -0.2) is 42.4 Å². The van der Waals surface area contributed by atoms with Gasteiger partial charge in [0.25, 0.3) is 0 Å². The number of hydrogen-bond acceptors (Lipinski definition) is 6. The smallest absolute Gasteiger partial charge is 0.227 e. The molecular formula is C28H43N5O. The van der Waals surface area contributed by atoms with E-state index in [1.807, 2.05) is 12.4 Å². The summed E-state index contributed by atoms with van der Waals surface area (Å²) < 4.78 is 5.60. The minimum Gasteiger partial charge on any atom is -0.491 e. The standard InChI is InChI=1S/C28H43N5O/c1-7-15-29-16-9-8-10-22-13-17-33(18-14-22)27-30-20-25(34-6)26(32-27)31-24-19-23(28(3,4)5)12-11-21(24)2/h9,11-12,15-16,20,22,24H,7-8,10,13-14,17-19H2,1-6H3,(H,30,31,32). The van der Waals surface area contributed by atoms with E-state index in [1.165, 1.54) is 30.4 Å². The van der Waals surface area contributed by atoms with Gasteiger partial charge in [-0.3, -0.25) is 4.99 Å². The van der Waals surface area contributed by atoms with Crippen molar-refractivity contribution in [2.75, 3.05) is 30.4 Å². The molecule has 1 aromatic rings. The Labute approximate surface area is 206 Å². The van der Waals surface area contributed by atoms with Crippen LogP contribution in [0.1, 0.15) is 73.1 Å². The van der Waals surface area contributed by atoms with E-state index in [-0.39, 0.29) is 11.5 Å². The normalized spacial score (nSPS) is 20.1. The van der Waals surface area contributed by atoms with Crippen molar-refractivity contribution in [2.45, 2.75) is 79.2 Å². The molecule has 0 amide bonds. The van der Waals surface area contributed by atoms with Crippen LogP contribution in [0.5, 0.6) is 5.75 Å². The van der Waals surface area contributed by atoms with Crippen LogP contribution in [0.15, 0.2) is 46.8 Å². The lowest BCUT2D eigenvalue weighted by Crippen LogP contribution is -2.35. The Morgan fingerprint density at radius 2 is 2.00 bits per heavy atom. The number of allylic oxidation sites excluding steroid dienone is 3. The van der Waals surface area contributed by atoms with Crippen LogP contribution in [-0.2, 0) is 0 Å². The van der Waals surface area contributed by atoms with Crippen LogP contribution in [0.25, 0.3) is 0 Å². The average molecular weight is 466 g/mol. The van der Waals surface area contributed by atoms with Crippen LogP contribution < -0.4 is 15.0 Å². The highest BCUT2D eigenvalue weighted by Gasteiger charge is 2.26. The van der Waals surface area contributed by atoms with E-state index in [1.54, 1.807) is 13.3 Å².